The van der Waals surface area contributed by atoms with Gasteiger partial charge in [-0.15, -0.1) is 0 Å². The van der Waals surface area contributed by atoms with E-state index in [4.69, 9.17) is 4.74 Å². The summed E-state index contributed by atoms with van der Waals surface area (Å²) in [5.74, 6) is 0.918. The highest BCUT2D eigenvalue weighted by Gasteiger charge is 2.36. The van der Waals surface area contributed by atoms with E-state index < -0.39 is 0 Å². The predicted octanol–water partition coefficient (Wildman–Crippen LogP) is 1.00. The minimum atomic E-state index is 0.137. The Balaban J connectivity index is 1.73. The number of amides is 1. The molecule has 0 spiro atoms. The van der Waals surface area contributed by atoms with Crippen LogP contribution in [0.5, 0.6) is 0 Å². The van der Waals surface area contributed by atoms with E-state index in [1.807, 2.05) is 24.2 Å². The van der Waals surface area contributed by atoms with E-state index in [1.165, 1.54) is 0 Å². The Morgan fingerprint density at radius 2 is 1.95 bits per heavy atom. The molecule has 2 saturated heterocycles. The van der Waals surface area contributed by atoms with E-state index in [9.17, 15) is 4.79 Å². The summed E-state index contributed by atoms with van der Waals surface area (Å²) in [6.07, 6.45) is 5.64. The molecule has 6 nitrogen and oxygen atoms in total. The number of carbonyl (C=O) groups excluding carboxylic acids is 1. The molecule has 0 N–H and O–H groups in total. The minimum absolute atomic E-state index is 0.137. The first-order valence-corrected chi connectivity index (χ1v) is 7.57. The number of rotatable bonds is 1. The van der Waals surface area contributed by atoms with Crippen LogP contribution in [0.4, 0.5) is 5.95 Å². The monoisotopic (exact) mass is 290 g/mol. The van der Waals surface area contributed by atoms with Gasteiger partial charge in [0.05, 0.1) is 18.8 Å². The molecule has 3 heterocycles. The Labute approximate surface area is 125 Å². The van der Waals surface area contributed by atoms with Gasteiger partial charge in [-0.2, -0.15) is 0 Å². The third kappa shape index (κ3) is 3.00. The van der Waals surface area contributed by atoms with Crippen LogP contribution in [0.2, 0.25) is 0 Å². The van der Waals surface area contributed by atoms with Crippen molar-refractivity contribution in [3.63, 3.8) is 0 Å². The molecular weight excluding hydrogens is 268 g/mol. The number of morpholine rings is 1. The molecule has 1 aromatic heterocycles. The van der Waals surface area contributed by atoms with Crippen LogP contribution in [0, 0.1) is 6.92 Å². The lowest BCUT2D eigenvalue weighted by atomic mass is 10.0. The molecule has 2 aliphatic heterocycles. The van der Waals surface area contributed by atoms with Crippen molar-refractivity contribution in [2.24, 2.45) is 0 Å². The Morgan fingerprint density at radius 3 is 2.67 bits per heavy atom. The standard InChI is InChI=1S/C15H22N4O2/c1-11-9-16-15(17-10-11)18-5-3-13-14(4-6-18)21-8-7-19(13)12(2)20/h9-10,13-14H,3-8H2,1-2H3. The molecule has 0 saturated carbocycles. The number of aromatic nitrogens is 2. The van der Waals surface area contributed by atoms with E-state index in [-0.39, 0.29) is 18.1 Å². The Bertz CT molecular complexity index is 505. The van der Waals surface area contributed by atoms with Crippen molar-refractivity contribution in [1.82, 2.24) is 14.9 Å². The number of ether oxygens (including phenoxy) is 1. The van der Waals surface area contributed by atoms with Crippen molar-refractivity contribution in [3.8, 4) is 0 Å². The summed E-state index contributed by atoms with van der Waals surface area (Å²) in [5.41, 5.74) is 1.06. The number of nitrogens with zero attached hydrogens (tertiary/aromatic N) is 4. The molecule has 0 bridgehead atoms. The zero-order valence-corrected chi connectivity index (χ0v) is 12.7. The summed E-state index contributed by atoms with van der Waals surface area (Å²) >= 11 is 0. The maximum Gasteiger partial charge on any atom is 0.225 e. The Hall–Kier alpha value is -1.69. The number of hydrogen-bond donors (Lipinski definition) is 0. The van der Waals surface area contributed by atoms with Crippen LogP contribution in [0.25, 0.3) is 0 Å². The van der Waals surface area contributed by atoms with Gasteiger partial charge < -0.3 is 14.5 Å². The van der Waals surface area contributed by atoms with Gasteiger partial charge in [0.15, 0.2) is 0 Å². The van der Waals surface area contributed by atoms with Crippen LogP contribution in [0.3, 0.4) is 0 Å². The summed E-state index contributed by atoms with van der Waals surface area (Å²) < 4.78 is 5.88. The molecular formula is C15H22N4O2. The number of anilines is 1. The van der Waals surface area contributed by atoms with Gasteiger partial charge in [0.25, 0.3) is 0 Å². The van der Waals surface area contributed by atoms with Crippen molar-refractivity contribution in [2.45, 2.75) is 38.8 Å². The lowest BCUT2D eigenvalue weighted by molar-refractivity contribution is -0.144. The number of fused-ring (bicyclic) bond motifs is 1. The second-order valence-electron chi connectivity index (χ2n) is 5.81. The number of carbonyl (C=O) groups is 1. The average Bonchev–Trinajstić information content (AvgIpc) is 2.70. The smallest absolute Gasteiger partial charge is 0.225 e. The van der Waals surface area contributed by atoms with Gasteiger partial charge in [-0.3, -0.25) is 4.79 Å². The van der Waals surface area contributed by atoms with E-state index in [2.05, 4.69) is 14.9 Å². The molecule has 3 rings (SSSR count). The highest BCUT2D eigenvalue weighted by Crippen LogP contribution is 2.25. The first-order valence-electron chi connectivity index (χ1n) is 7.57. The van der Waals surface area contributed by atoms with Crippen molar-refractivity contribution >= 4 is 11.9 Å². The molecule has 2 aliphatic rings. The molecule has 114 valence electrons. The highest BCUT2D eigenvalue weighted by molar-refractivity contribution is 5.73. The zero-order chi connectivity index (χ0) is 14.8. The quantitative estimate of drug-likeness (QED) is 0.772. The molecule has 1 aromatic rings. The maximum absolute atomic E-state index is 11.8. The van der Waals surface area contributed by atoms with Gasteiger partial charge in [-0.05, 0) is 25.3 Å². The topological polar surface area (TPSA) is 58.6 Å². The summed E-state index contributed by atoms with van der Waals surface area (Å²) in [4.78, 5) is 24.8. The third-order valence-electron chi connectivity index (χ3n) is 4.33. The third-order valence-corrected chi connectivity index (χ3v) is 4.33. The van der Waals surface area contributed by atoms with E-state index >= 15 is 0 Å². The first kappa shape index (κ1) is 14.3. The van der Waals surface area contributed by atoms with Crippen LogP contribution in [0.15, 0.2) is 12.4 Å². The fourth-order valence-electron chi connectivity index (χ4n) is 3.22. The van der Waals surface area contributed by atoms with E-state index in [0.29, 0.717) is 13.2 Å². The second kappa shape index (κ2) is 5.97. The number of aryl methyl sites for hydroxylation is 1. The number of hydrogen-bond acceptors (Lipinski definition) is 5. The van der Waals surface area contributed by atoms with Crippen LogP contribution < -0.4 is 4.90 Å². The minimum Gasteiger partial charge on any atom is -0.374 e. The molecule has 0 radical (unpaired) electrons. The zero-order valence-electron chi connectivity index (χ0n) is 12.7. The first-order chi connectivity index (χ1) is 10.1. The van der Waals surface area contributed by atoms with Gasteiger partial charge in [-0.1, -0.05) is 0 Å². The van der Waals surface area contributed by atoms with Gasteiger partial charge in [-0.25, -0.2) is 9.97 Å². The fraction of sp³-hybridized carbons (Fsp3) is 0.667. The Morgan fingerprint density at radius 1 is 1.24 bits per heavy atom. The van der Waals surface area contributed by atoms with Gasteiger partial charge in [0, 0.05) is 39.0 Å². The van der Waals surface area contributed by atoms with Crippen LogP contribution >= 0.6 is 0 Å². The lowest BCUT2D eigenvalue weighted by Crippen LogP contribution is -2.52. The van der Waals surface area contributed by atoms with Gasteiger partial charge in [0.2, 0.25) is 11.9 Å². The van der Waals surface area contributed by atoms with Crippen molar-refractivity contribution in [1.29, 1.82) is 0 Å². The van der Waals surface area contributed by atoms with E-state index in [0.717, 1.165) is 37.4 Å². The van der Waals surface area contributed by atoms with Gasteiger partial charge in [0.1, 0.15) is 0 Å². The molecule has 2 fully saturated rings. The van der Waals surface area contributed by atoms with Crippen molar-refractivity contribution in [3.05, 3.63) is 18.0 Å². The van der Waals surface area contributed by atoms with Crippen LogP contribution in [0.1, 0.15) is 25.3 Å². The van der Waals surface area contributed by atoms with Gasteiger partial charge >= 0.3 is 0 Å². The molecule has 1 amide bonds. The molecule has 2 atom stereocenters. The SMILES string of the molecule is CC(=O)N1CCOC2CCN(c3ncc(C)cn3)CCC21. The fourth-order valence-corrected chi connectivity index (χ4v) is 3.22. The molecule has 0 aromatic carbocycles. The highest BCUT2D eigenvalue weighted by atomic mass is 16.5. The molecule has 2 unspecified atom stereocenters. The normalized spacial score (nSPS) is 26.2. The summed E-state index contributed by atoms with van der Waals surface area (Å²) in [5, 5.41) is 0. The van der Waals surface area contributed by atoms with E-state index in [1.54, 1.807) is 6.92 Å². The summed E-state index contributed by atoms with van der Waals surface area (Å²) in [6, 6.07) is 0.187. The predicted molar refractivity (Wildman–Crippen MR) is 79.1 cm³/mol. The summed E-state index contributed by atoms with van der Waals surface area (Å²) in [7, 11) is 0. The van der Waals surface area contributed by atoms with Crippen LogP contribution in [-0.2, 0) is 9.53 Å². The van der Waals surface area contributed by atoms with Crippen molar-refractivity contribution in [2.75, 3.05) is 31.1 Å². The average molecular weight is 290 g/mol. The molecule has 21 heavy (non-hydrogen) atoms. The second-order valence-corrected chi connectivity index (χ2v) is 5.81. The Kier molecular flexibility index (Phi) is 4.05. The summed E-state index contributed by atoms with van der Waals surface area (Å²) in [6.45, 7) is 6.71. The largest absolute Gasteiger partial charge is 0.374 e. The molecule has 6 heteroatoms. The van der Waals surface area contributed by atoms with Crippen LogP contribution in [-0.4, -0.2) is 59.2 Å². The molecule has 0 aliphatic carbocycles. The van der Waals surface area contributed by atoms with Crippen molar-refractivity contribution < 1.29 is 9.53 Å². The maximum atomic E-state index is 11.8. The lowest BCUT2D eigenvalue weighted by Gasteiger charge is -2.39.